The Morgan fingerprint density at radius 1 is 1.10 bits per heavy atom. The van der Waals surface area contributed by atoms with Gasteiger partial charge in [0.15, 0.2) is 0 Å². The Morgan fingerprint density at radius 2 is 1.83 bits per heavy atom. The van der Waals surface area contributed by atoms with Gasteiger partial charge in [-0.1, -0.05) is 32.6 Å². The van der Waals surface area contributed by atoms with E-state index in [9.17, 15) is 14.0 Å². The van der Waals surface area contributed by atoms with Gasteiger partial charge in [-0.3, -0.25) is 14.4 Å². The number of fused-ring (bicyclic) bond motifs is 1. The lowest BCUT2D eigenvalue weighted by Gasteiger charge is -2.44. The monoisotopic (exact) mass is 560 g/mol. The molecule has 214 valence electrons. The molecule has 0 saturated carbocycles. The molecule has 0 spiro atoms. The molecule has 2 unspecified atom stereocenters. The lowest BCUT2D eigenvalue weighted by Crippen LogP contribution is -2.58. The zero-order valence-electron chi connectivity index (χ0n) is 23.9. The number of allylic oxidation sites excluding steroid dienone is 1. The number of aliphatic imine (C=N–C) groups is 1. The Labute approximate surface area is 237 Å². The number of piperazine rings is 1. The van der Waals surface area contributed by atoms with Gasteiger partial charge in [-0.25, -0.2) is 18.6 Å². The summed E-state index contributed by atoms with van der Waals surface area (Å²) in [6.07, 6.45) is 4.86. The number of hydrogen-bond donors (Lipinski definition) is 0. The first-order valence-electron chi connectivity index (χ1n) is 13.8. The van der Waals surface area contributed by atoms with E-state index in [1.54, 1.807) is 17.2 Å². The van der Waals surface area contributed by atoms with E-state index in [1.807, 2.05) is 45.6 Å². The van der Waals surface area contributed by atoms with Crippen LogP contribution in [0.2, 0.25) is 0 Å². The molecule has 8 nitrogen and oxygen atoms in total. The minimum absolute atomic E-state index is 0.00265. The molecular formula is C31H34F2N6O2. The quantitative estimate of drug-likeness (QED) is 0.413. The number of pyridine rings is 1. The molecule has 4 atom stereocenters. The van der Waals surface area contributed by atoms with Gasteiger partial charge in [0.1, 0.15) is 28.8 Å². The molecule has 1 aromatic carbocycles. The highest BCUT2D eigenvalue weighted by Gasteiger charge is 2.36. The molecule has 2 aromatic heterocycles. The predicted octanol–water partition coefficient (Wildman–Crippen LogP) is 4.94. The molecule has 0 aliphatic carbocycles. The van der Waals surface area contributed by atoms with E-state index in [0.29, 0.717) is 18.5 Å². The summed E-state index contributed by atoms with van der Waals surface area (Å²) in [6.45, 7) is 14.1. The van der Waals surface area contributed by atoms with Crippen molar-refractivity contribution in [2.24, 2.45) is 10.9 Å². The van der Waals surface area contributed by atoms with Gasteiger partial charge in [0.05, 0.1) is 17.5 Å². The van der Waals surface area contributed by atoms with E-state index in [0.717, 1.165) is 5.57 Å². The smallest absolute Gasteiger partial charge is 0.349 e. The summed E-state index contributed by atoms with van der Waals surface area (Å²) in [5.74, 6) is -1.18. The molecule has 10 heteroatoms. The minimum atomic E-state index is -0.730. The van der Waals surface area contributed by atoms with Crippen LogP contribution in [0.4, 0.5) is 14.6 Å². The first-order chi connectivity index (χ1) is 19.5. The Hall–Kier alpha value is -4.21. The number of rotatable bonds is 5. The van der Waals surface area contributed by atoms with Crippen molar-refractivity contribution in [2.45, 2.75) is 58.8 Å². The van der Waals surface area contributed by atoms with Crippen LogP contribution in [0.15, 0.2) is 64.4 Å². The maximum Gasteiger partial charge on any atom is 0.351 e. The number of carbonyl (C=O) groups is 1. The maximum absolute atomic E-state index is 15.8. The van der Waals surface area contributed by atoms with Crippen LogP contribution in [-0.2, 0) is 4.79 Å². The van der Waals surface area contributed by atoms with Crippen molar-refractivity contribution < 1.29 is 13.6 Å². The lowest BCUT2D eigenvalue weighted by molar-refractivity contribution is -0.128. The molecular weight excluding hydrogens is 526 g/mol. The average molecular weight is 561 g/mol. The van der Waals surface area contributed by atoms with Crippen molar-refractivity contribution in [1.29, 1.82) is 0 Å². The van der Waals surface area contributed by atoms with Gasteiger partial charge in [0.2, 0.25) is 5.91 Å². The van der Waals surface area contributed by atoms with Crippen LogP contribution >= 0.6 is 0 Å². The summed E-state index contributed by atoms with van der Waals surface area (Å²) in [5.41, 5.74) is 0.331. The van der Waals surface area contributed by atoms with E-state index >= 15 is 4.39 Å². The van der Waals surface area contributed by atoms with E-state index in [4.69, 9.17) is 0 Å². The van der Waals surface area contributed by atoms with E-state index in [-0.39, 0.29) is 52.7 Å². The van der Waals surface area contributed by atoms with Crippen molar-refractivity contribution in [1.82, 2.24) is 19.4 Å². The predicted molar refractivity (Wildman–Crippen MR) is 157 cm³/mol. The summed E-state index contributed by atoms with van der Waals surface area (Å²) in [5, 5.41) is 0.328. The molecule has 1 amide bonds. The maximum atomic E-state index is 15.8. The number of aromatic nitrogens is 3. The highest BCUT2D eigenvalue weighted by molar-refractivity contribution is 5.91. The van der Waals surface area contributed by atoms with Crippen LogP contribution < -0.4 is 10.6 Å². The molecule has 3 aromatic rings. The van der Waals surface area contributed by atoms with Crippen LogP contribution in [0.25, 0.3) is 22.3 Å². The van der Waals surface area contributed by atoms with Gasteiger partial charge in [-0.05, 0) is 62.6 Å². The van der Waals surface area contributed by atoms with Crippen LogP contribution in [0.1, 0.15) is 40.7 Å². The fourth-order valence-corrected chi connectivity index (χ4v) is 5.88. The number of benzene rings is 1. The standard InChI is InChI=1S/C31H34F2N6O2/c1-7-25(40)37-15-20(6)38(16-19(37)5)29-22-14-24(33)27(21-10-8-9-11-23(21)32)35-30(22)39(31(41)36-29)28-18(4)12-13-34-26(28)17(2)3/h7-14,17,19-20,26,28H,1,15-16H2,2-6H3/t19-,20+,26?,28?/m1/s1. The Morgan fingerprint density at radius 3 is 2.51 bits per heavy atom. The van der Waals surface area contributed by atoms with E-state index in [2.05, 4.69) is 21.5 Å². The third kappa shape index (κ3) is 4.96. The Kier molecular flexibility index (Phi) is 7.59. The Balaban J connectivity index is 1.78. The van der Waals surface area contributed by atoms with Gasteiger partial charge in [-0.15, -0.1) is 0 Å². The molecule has 41 heavy (non-hydrogen) atoms. The fraction of sp³-hybridized carbons (Fsp3) is 0.387. The highest BCUT2D eigenvalue weighted by atomic mass is 19.1. The number of carbonyl (C=O) groups excluding carboxylic acids is 1. The van der Waals surface area contributed by atoms with Crippen molar-refractivity contribution in [3.05, 3.63) is 76.8 Å². The average Bonchev–Trinajstić information content (AvgIpc) is 2.94. The van der Waals surface area contributed by atoms with E-state index in [1.165, 1.54) is 34.9 Å². The Bertz CT molecular complexity index is 1650. The van der Waals surface area contributed by atoms with Crippen LogP contribution in [0.5, 0.6) is 0 Å². The molecule has 1 saturated heterocycles. The summed E-state index contributed by atoms with van der Waals surface area (Å²) < 4.78 is 32.1. The van der Waals surface area contributed by atoms with Crippen molar-refractivity contribution >= 4 is 29.0 Å². The summed E-state index contributed by atoms with van der Waals surface area (Å²) in [6, 6.07) is 5.88. The fourth-order valence-electron chi connectivity index (χ4n) is 5.88. The molecule has 4 heterocycles. The summed E-state index contributed by atoms with van der Waals surface area (Å²) in [4.78, 5) is 43.9. The number of anilines is 1. The molecule has 5 rings (SSSR count). The molecule has 0 N–H and O–H groups in total. The van der Waals surface area contributed by atoms with Crippen molar-refractivity contribution in [3.63, 3.8) is 0 Å². The number of hydrogen-bond acceptors (Lipinski definition) is 6. The normalized spacial score (nSPS) is 22.8. The molecule has 0 radical (unpaired) electrons. The summed E-state index contributed by atoms with van der Waals surface area (Å²) in [7, 11) is 0. The molecule has 0 bridgehead atoms. The second kappa shape index (κ2) is 11.0. The van der Waals surface area contributed by atoms with Crippen LogP contribution in [0.3, 0.4) is 0 Å². The third-order valence-electron chi connectivity index (χ3n) is 8.02. The molecule has 2 aliphatic rings. The second-order valence-electron chi connectivity index (χ2n) is 11.2. The SMILES string of the molecule is C=CC(=O)N1C[C@H](C)N(c2nc(=O)n(C3C(C)=CC=NC3C(C)C)c3nc(-c4ccccc4F)c(F)cc23)C[C@H]1C. The number of dihydropyridines is 1. The van der Waals surface area contributed by atoms with Gasteiger partial charge < -0.3 is 9.80 Å². The van der Waals surface area contributed by atoms with Crippen molar-refractivity contribution in [3.8, 4) is 11.3 Å². The minimum Gasteiger partial charge on any atom is -0.349 e. The van der Waals surface area contributed by atoms with E-state index < -0.39 is 23.4 Å². The molecule has 2 aliphatic heterocycles. The first kappa shape index (κ1) is 28.3. The number of halogens is 2. The van der Waals surface area contributed by atoms with Crippen LogP contribution in [0, 0.1) is 17.6 Å². The second-order valence-corrected chi connectivity index (χ2v) is 11.2. The number of nitrogens with zero attached hydrogens (tertiary/aromatic N) is 6. The summed E-state index contributed by atoms with van der Waals surface area (Å²) >= 11 is 0. The van der Waals surface area contributed by atoms with Gasteiger partial charge in [0, 0.05) is 37.0 Å². The third-order valence-corrected chi connectivity index (χ3v) is 8.02. The zero-order chi connectivity index (χ0) is 29.6. The van der Waals surface area contributed by atoms with Gasteiger partial charge in [0.25, 0.3) is 0 Å². The van der Waals surface area contributed by atoms with Crippen LogP contribution in [-0.4, -0.2) is 62.8 Å². The van der Waals surface area contributed by atoms with Gasteiger partial charge >= 0.3 is 5.69 Å². The topological polar surface area (TPSA) is 83.7 Å². The van der Waals surface area contributed by atoms with Crippen molar-refractivity contribution in [2.75, 3.05) is 18.0 Å². The highest BCUT2D eigenvalue weighted by Crippen LogP contribution is 2.36. The van der Waals surface area contributed by atoms with Gasteiger partial charge in [-0.2, -0.15) is 4.98 Å². The molecule has 1 fully saturated rings. The first-order valence-corrected chi connectivity index (χ1v) is 13.8. The zero-order valence-corrected chi connectivity index (χ0v) is 23.9. The number of amides is 1. The lowest BCUT2D eigenvalue weighted by atomic mass is 9.90. The largest absolute Gasteiger partial charge is 0.351 e.